The van der Waals surface area contributed by atoms with Gasteiger partial charge >= 0.3 is 0 Å². The Morgan fingerprint density at radius 1 is 1.45 bits per heavy atom. The van der Waals surface area contributed by atoms with Crippen LogP contribution in [0, 0.1) is 9.85 Å². The van der Waals surface area contributed by atoms with E-state index in [9.17, 15) is 4.79 Å². The molecular formula is C8H10INO. The largest absolute Gasteiger partial charge is 0.343 e. The van der Waals surface area contributed by atoms with Gasteiger partial charge in [0, 0.05) is 34.6 Å². The number of hydrogen-bond acceptors (Lipinski definition) is 1. The molecule has 1 aliphatic carbocycles. The fourth-order valence-electron chi connectivity index (χ4n) is 1.33. The Hall–Kier alpha value is -0.240. The summed E-state index contributed by atoms with van der Waals surface area (Å²) < 4.78 is 2.55. The lowest BCUT2D eigenvalue weighted by atomic mass is 10.2. The van der Waals surface area contributed by atoms with E-state index in [1.807, 2.05) is 22.6 Å². The van der Waals surface area contributed by atoms with E-state index in [1.54, 1.807) is 0 Å². The summed E-state index contributed by atoms with van der Waals surface area (Å²) in [5.74, 6) is 2.33. The minimum absolute atomic E-state index is 0.133. The molecule has 0 heterocycles. The van der Waals surface area contributed by atoms with E-state index >= 15 is 0 Å². The van der Waals surface area contributed by atoms with Crippen molar-refractivity contribution in [1.29, 1.82) is 0 Å². The summed E-state index contributed by atoms with van der Waals surface area (Å²) in [5.41, 5.74) is 0. The van der Waals surface area contributed by atoms with Crippen LogP contribution in [0.15, 0.2) is 0 Å². The maximum atomic E-state index is 10.9. The number of rotatable bonds is 1. The molecule has 0 saturated heterocycles. The average Bonchev–Trinajstić information content (AvgIpc) is 2.40. The van der Waals surface area contributed by atoms with E-state index in [1.165, 1.54) is 12.8 Å². The monoisotopic (exact) mass is 263 g/mol. The molecule has 1 amide bonds. The third-order valence-electron chi connectivity index (χ3n) is 1.85. The van der Waals surface area contributed by atoms with Gasteiger partial charge in [0.05, 0.1) is 0 Å². The van der Waals surface area contributed by atoms with Crippen LogP contribution in [-0.2, 0) is 4.79 Å². The summed E-state index contributed by atoms with van der Waals surface area (Å²) in [6.45, 7) is 0. The molecule has 0 bridgehead atoms. The van der Waals surface area contributed by atoms with Crippen LogP contribution in [0.1, 0.15) is 25.7 Å². The van der Waals surface area contributed by atoms with Gasteiger partial charge < -0.3 is 5.32 Å². The topological polar surface area (TPSA) is 29.1 Å². The predicted molar refractivity (Wildman–Crippen MR) is 52.2 cm³/mol. The highest BCUT2D eigenvalue weighted by molar-refractivity contribution is 14.1. The molecule has 60 valence electrons. The van der Waals surface area contributed by atoms with Crippen molar-refractivity contribution in [2.75, 3.05) is 0 Å². The fourth-order valence-corrected chi connectivity index (χ4v) is 1.58. The SMILES string of the molecule is O=C(C#CI)NC1CCCC1. The zero-order chi connectivity index (χ0) is 8.10. The molecule has 2 nitrogen and oxygen atoms in total. The molecule has 0 aromatic carbocycles. The van der Waals surface area contributed by atoms with Crippen LogP contribution in [0.3, 0.4) is 0 Å². The molecule has 0 aromatic rings. The van der Waals surface area contributed by atoms with E-state index in [0.717, 1.165) is 12.8 Å². The molecule has 1 N–H and O–H groups in total. The molecule has 0 aromatic heterocycles. The highest BCUT2D eigenvalue weighted by Crippen LogP contribution is 2.17. The highest BCUT2D eigenvalue weighted by atomic mass is 127. The van der Waals surface area contributed by atoms with E-state index in [-0.39, 0.29) is 5.91 Å². The number of carbonyl (C=O) groups is 1. The Labute approximate surface area is 80.3 Å². The second-order valence-electron chi connectivity index (χ2n) is 2.67. The van der Waals surface area contributed by atoms with Crippen LogP contribution < -0.4 is 5.32 Å². The molecule has 1 saturated carbocycles. The Morgan fingerprint density at radius 2 is 2.09 bits per heavy atom. The Balaban J connectivity index is 2.27. The molecule has 3 heteroatoms. The summed E-state index contributed by atoms with van der Waals surface area (Å²) in [6, 6.07) is 0.389. The van der Waals surface area contributed by atoms with Crippen molar-refractivity contribution in [3.63, 3.8) is 0 Å². The summed E-state index contributed by atoms with van der Waals surface area (Å²) in [4.78, 5) is 10.9. The van der Waals surface area contributed by atoms with Crippen LogP contribution in [0.25, 0.3) is 0 Å². The molecule has 0 atom stereocenters. The third-order valence-corrected chi connectivity index (χ3v) is 2.12. The molecule has 0 radical (unpaired) electrons. The molecular weight excluding hydrogens is 253 g/mol. The van der Waals surface area contributed by atoms with Gasteiger partial charge in [-0.2, -0.15) is 0 Å². The first-order chi connectivity index (χ1) is 5.33. The first-order valence-corrected chi connectivity index (χ1v) is 4.83. The average molecular weight is 263 g/mol. The molecule has 0 aliphatic heterocycles. The Morgan fingerprint density at radius 3 is 2.64 bits per heavy atom. The van der Waals surface area contributed by atoms with Crippen LogP contribution in [0.5, 0.6) is 0 Å². The predicted octanol–water partition coefficient (Wildman–Crippen LogP) is 1.44. The summed E-state index contributed by atoms with van der Waals surface area (Å²) in [7, 11) is 0. The van der Waals surface area contributed by atoms with Crippen molar-refractivity contribution < 1.29 is 4.79 Å². The van der Waals surface area contributed by atoms with E-state index < -0.39 is 0 Å². The lowest BCUT2D eigenvalue weighted by Gasteiger charge is -2.07. The van der Waals surface area contributed by atoms with E-state index in [0.29, 0.717) is 6.04 Å². The summed E-state index contributed by atoms with van der Waals surface area (Å²) in [6.07, 6.45) is 4.72. The standard InChI is InChI=1S/C8H10INO/c9-6-5-8(11)10-7-3-1-2-4-7/h7H,1-4H2,(H,10,11). The zero-order valence-corrected chi connectivity index (χ0v) is 8.35. The first kappa shape index (κ1) is 8.85. The van der Waals surface area contributed by atoms with Crippen LogP contribution in [0.4, 0.5) is 0 Å². The van der Waals surface area contributed by atoms with Crippen molar-refractivity contribution >= 4 is 28.5 Å². The van der Waals surface area contributed by atoms with Gasteiger partial charge in [-0.05, 0) is 16.8 Å². The second kappa shape index (κ2) is 4.60. The quantitative estimate of drug-likeness (QED) is 0.563. The van der Waals surface area contributed by atoms with Gasteiger partial charge in [0.25, 0.3) is 5.91 Å². The fraction of sp³-hybridized carbons (Fsp3) is 0.625. The van der Waals surface area contributed by atoms with Gasteiger partial charge in [0.1, 0.15) is 0 Å². The smallest absolute Gasteiger partial charge is 0.296 e. The molecule has 11 heavy (non-hydrogen) atoms. The maximum absolute atomic E-state index is 10.9. The number of carbonyl (C=O) groups excluding carboxylic acids is 1. The first-order valence-electron chi connectivity index (χ1n) is 3.75. The molecule has 0 spiro atoms. The van der Waals surface area contributed by atoms with Crippen molar-refractivity contribution in [2.45, 2.75) is 31.7 Å². The van der Waals surface area contributed by atoms with E-state index in [4.69, 9.17) is 0 Å². The highest BCUT2D eigenvalue weighted by Gasteiger charge is 2.15. The summed E-state index contributed by atoms with van der Waals surface area (Å²) >= 11 is 1.87. The van der Waals surface area contributed by atoms with Crippen molar-refractivity contribution in [2.24, 2.45) is 0 Å². The van der Waals surface area contributed by atoms with Crippen LogP contribution >= 0.6 is 22.6 Å². The van der Waals surface area contributed by atoms with Crippen LogP contribution in [-0.4, -0.2) is 11.9 Å². The van der Waals surface area contributed by atoms with Crippen molar-refractivity contribution in [1.82, 2.24) is 5.32 Å². The minimum atomic E-state index is -0.133. The number of nitrogens with one attached hydrogen (secondary N) is 1. The Bertz CT molecular complexity index is 198. The van der Waals surface area contributed by atoms with Crippen molar-refractivity contribution in [3.05, 3.63) is 0 Å². The lowest BCUT2D eigenvalue weighted by Crippen LogP contribution is -2.31. The van der Waals surface area contributed by atoms with Gasteiger partial charge in [-0.25, -0.2) is 0 Å². The lowest BCUT2D eigenvalue weighted by molar-refractivity contribution is -0.116. The van der Waals surface area contributed by atoms with Crippen molar-refractivity contribution in [3.8, 4) is 9.85 Å². The zero-order valence-electron chi connectivity index (χ0n) is 6.19. The Kier molecular flexibility index (Phi) is 3.70. The molecule has 1 fully saturated rings. The van der Waals surface area contributed by atoms with Gasteiger partial charge in [-0.1, -0.05) is 12.8 Å². The van der Waals surface area contributed by atoms with Crippen LogP contribution in [0.2, 0.25) is 0 Å². The minimum Gasteiger partial charge on any atom is -0.343 e. The third kappa shape index (κ3) is 3.10. The number of amides is 1. The van der Waals surface area contributed by atoms with Gasteiger partial charge in [-0.15, -0.1) is 0 Å². The molecule has 1 aliphatic rings. The van der Waals surface area contributed by atoms with E-state index in [2.05, 4.69) is 15.2 Å². The van der Waals surface area contributed by atoms with Gasteiger partial charge in [0.15, 0.2) is 0 Å². The summed E-state index contributed by atoms with van der Waals surface area (Å²) in [5, 5.41) is 2.86. The molecule has 1 rings (SSSR count). The van der Waals surface area contributed by atoms with Gasteiger partial charge in [0.2, 0.25) is 0 Å². The number of hydrogen-bond donors (Lipinski definition) is 1. The number of halogens is 1. The second-order valence-corrected chi connectivity index (χ2v) is 3.21. The van der Waals surface area contributed by atoms with Gasteiger partial charge in [-0.3, -0.25) is 4.79 Å². The molecule has 0 unspecified atom stereocenters. The normalized spacial score (nSPS) is 17.2. The maximum Gasteiger partial charge on any atom is 0.296 e.